The van der Waals surface area contributed by atoms with E-state index in [1.807, 2.05) is 0 Å². The van der Waals surface area contributed by atoms with Gasteiger partial charge in [-0.2, -0.15) is 5.26 Å². The molecule has 1 aromatic rings. The summed E-state index contributed by atoms with van der Waals surface area (Å²) in [6.07, 6.45) is 5.05. The first-order valence-corrected chi connectivity index (χ1v) is 6.77. The van der Waals surface area contributed by atoms with Crippen molar-refractivity contribution in [2.45, 2.75) is 6.42 Å². The smallest absolute Gasteiger partial charge is 0.238 e. The topological polar surface area (TPSA) is 61.2 Å². The molecule has 2 fully saturated rings. The van der Waals surface area contributed by atoms with E-state index in [1.54, 1.807) is 24.3 Å². The number of nitriles is 1. The van der Waals surface area contributed by atoms with Gasteiger partial charge in [0.2, 0.25) is 11.8 Å². The van der Waals surface area contributed by atoms with E-state index >= 15 is 0 Å². The van der Waals surface area contributed by atoms with E-state index in [-0.39, 0.29) is 35.5 Å². The summed E-state index contributed by atoms with van der Waals surface area (Å²) in [6.45, 7) is 0. The predicted molar refractivity (Wildman–Crippen MR) is 71.4 cm³/mol. The Labute approximate surface area is 116 Å². The number of fused-ring (bicyclic) bond motifs is 5. The fourth-order valence-corrected chi connectivity index (χ4v) is 3.90. The Morgan fingerprint density at radius 2 is 1.65 bits per heavy atom. The summed E-state index contributed by atoms with van der Waals surface area (Å²) in [5, 5.41) is 9.16. The maximum Gasteiger partial charge on any atom is 0.238 e. The van der Waals surface area contributed by atoms with Crippen molar-refractivity contribution in [1.29, 1.82) is 5.26 Å². The summed E-state index contributed by atoms with van der Waals surface area (Å²) < 4.78 is 0. The minimum Gasteiger partial charge on any atom is -0.274 e. The van der Waals surface area contributed by atoms with E-state index in [1.165, 1.54) is 4.90 Å². The molecule has 1 aromatic carbocycles. The molecule has 2 bridgehead atoms. The summed E-state index contributed by atoms with van der Waals surface area (Å²) in [4.78, 5) is 26.5. The van der Waals surface area contributed by atoms with E-state index in [4.69, 9.17) is 5.26 Å². The molecule has 20 heavy (non-hydrogen) atoms. The van der Waals surface area contributed by atoms with Gasteiger partial charge in [-0.3, -0.25) is 9.59 Å². The van der Waals surface area contributed by atoms with Crippen molar-refractivity contribution < 1.29 is 9.59 Å². The van der Waals surface area contributed by atoms with Gasteiger partial charge in [0.05, 0.1) is 23.1 Å². The number of carbonyl (C=O) groups is 2. The van der Waals surface area contributed by atoms with Crippen molar-refractivity contribution >= 4 is 17.5 Å². The van der Waals surface area contributed by atoms with Crippen LogP contribution in [-0.2, 0) is 9.59 Å². The lowest BCUT2D eigenvalue weighted by molar-refractivity contribution is -0.123. The second-order valence-electron chi connectivity index (χ2n) is 5.64. The van der Waals surface area contributed by atoms with Gasteiger partial charge in [-0.1, -0.05) is 24.3 Å². The van der Waals surface area contributed by atoms with Crippen molar-refractivity contribution in [3.63, 3.8) is 0 Å². The average molecular weight is 264 g/mol. The number of hydrogen-bond donors (Lipinski definition) is 0. The summed E-state index contributed by atoms with van der Waals surface area (Å²) >= 11 is 0. The molecular weight excluding hydrogens is 252 g/mol. The lowest BCUT2D eigenvalue weighted by Crippen LogP contribution is -2.33. The minimum absolute atomic E-state index is 0.139. The van der Waals surface area contributed by atoms with Gasteiger partial charge >= 0.3 is 0 Å². The van der Waals surface area contributed by atoms with Gasteiger partial charge in [0.25, 0.3) is 0 Å². The van der Waals surface area contributed by atoms with Crippen molar-refractivity contribution in [1.82, 2.24) is 0 Å². The molecule has 0 spiro atoms. The SMILES string of the molecule is N#Cc1ccccc1N1C(=O)C2C3C=CC(C3)C2C1=O. The normalized spacial score (nSPS) is 33.6. The zero-order valence-electron chi connectivity index (χ0n) is 10.7. The zero-order valence-corrected chi connectivity index (χ0v) is 10.7. The van der Waals surface area contributed by atoms with Gasteiger partial charge in [-0.05, 0) is 30.4 Å². The Morgan fingerprint density at radius 1 is 1.05 bits per heavy atom. The highest BCUT2D eigenvalue weighted by Crippen LogP contribution is 2.53. The summed E-state index contributed by atoms with van der Waals surface area (Å²) in [6, 6.07) is 8.85. The molecule has 3 aliphatic rings. The molecule has 1 aliphatic heterocycles. The van der Waals surface area contributed by atoms with E-state index in [9.17, 15) is 9.59 Å². The Hall–Kier alpha value is -2.41. The zero-order chi connectivity index (χ0) is 13.9. The lowest BCUT2D eigenvalue weighted by atomic mass is 9.85. The van der Waals surface area contributed by atoms with Gasteiger partial charge in [0.1, 0.15) is 6.07 Å². The number of nitrogens with zero attached hydrogens (tertiary/aromatic N) is 2. The van der Waals surface area contributed by atoms with Crippen LogP contribution in [0.15, 0.2) is 36.4 Å². The van der Waals surface area contributed by atoms with Crippen LogP contribution < -0.4 is 4.90 Å². The number of amides is 2. The Kier molecular flexibility index (Phi) is 2.17. The molecule has 0 aromatic heterocycles. The molecule has 4 unspecified atom stereocenters. The van der Waals surface area contributed by atoms with Crippen molar-refractivity contribution in [3.8, 4) is 6.07 Å². The average Bonchev–Trinajstić information content (AvgIpc) is 3.13. The monoisotopic (exact) mass is 264 g/mol. The molecule has 4 atom stereocenters. The summed E-state index contributed by atoms with van der Waals surface area (Å²) in [7, 11) is 0. The first kappa shape index (κ1) is 11.4. The Bertz CT molecular complexity index is 671. The van der Waals surface area contributed by atoms with Gasteiger partial charge in [0.15, 0.2) is 0 Å². The standard InChI is InChI=1S/C16H12N2O2/c17-8-11-3-1-2-4-12(11)18-15(19)13-9-5-6-10(7-9)14(13)16(18)20/h1-6,9-10,13-14H,7H2. The largest absolute Gasteiger partial charge is 0.274 e. The van der Waals surface area contributed by atoms with Crippen LogP contribution in [0, 0.1) is 35.0 Å². The van der Waals surface area contributed by atoms with Crippen molar-refractivity contribution in [2.75, 3.05) is 4.90 Å². The first-order chi connectivity index (χ1) is 9.72. The fourth-order valence-electron chi connectivity index (χ4n) is 3.90. The van der Waals surface area contributed by atoms with E-state index in [0.717, 1.165) is 6.42 Å². The van der Waals surface area contributed by atoms with Gasteiger partial charge < -0.3 is 0 Å². The molecular formula is C16H12N2O2. The molecule has 0 radical (unpaired) electrons. The first-order valence-electron chi connectivity index (χ1n) is 6.77. The molecule has 98 valence electrons. The summed E-state index contributed by atoms with van der Waals surface area (Å²) in [5.74, 6) is -0.325. The third-order valence-electron chi connectivity index (χ3n) is 4.74. The maximum atomic E-state index is 12.6. The molecule has 1 saturated carbocycles. The molecule has 1 saturated heterocycles. The van der Waals surface area contributed by atoms with E-state index < -0.39 is 0 Å². The number of allylic oxidation sites excluding steroid dienone is 2. The third-order valence-corrected chi connectivity index (χ3v) is 4.74. The van der Waals surface area contributed by atoms with Crippen LogP contribution in [-0.4, -0.2) is 11.8 Å². The molecule has 4 nitrogen and oxygen atoms in total. The third kappa shape index (κ3) is 1.25. The van der Waals surface area contributed by atoms with E-state index in [0.29, 0.717) is 11.3 Å². The number of benzene rings is 1. The van der Waals surface area contributed by atoms with Crippen LogP contribution in [0.2, 0.25) is 0 Å². The van der Waals surface area contributed by atoms with Crippen LogP contribution in [0.3, 0.4) is 0 Å². The van der Waals surface area contributed by atoms with Crippen LogP contribution in [0.1, 0.15) is 12.0 Å². The second-order valence-corrected chi connectivity index (χ2v) is 5.64. The Morgan fingerprint density at radius 3 is 2.25 bits per heavy atom. The molecule has 2 aliphatic carbocycles. The highest BCUT2D eigenvalue weighted by atomic mass is 16.2. The van der Waals surface area contributed by atoms with Crippen LogP contribution >= 0.6 is 0 Å². The molecule has 2 amide bonds. The number of hydrogen-bond acceptors (Lipinski definition) is 3. The highest BCUT2D eigenvalue weighted by Gasteiger charge is 2.59. The highest BCUT2D eigenvalue weighted by molar-refractivity contribution is 6.23. The van der Waals surface area contributed by atoms with Gasteiger partial charge in [-0.15, -0.1) is 0 Å². The van der Waals surface area contributed by atoms with Crippen molar-refractivity contribution in [2.24, 2.45) is 23.7 Å². The second kappa shape index (κ2) is 3.80. The van der Waals surface area contributed by atoms with E-state index in [2.05, 4.69) is 18.2 Å². The summed E-state index contributed by atoms with van der Waals surface area (Å²) in [5.41, 5.74) is 0.799. The minimum atomic E-state index is -0.218. The lowest BCUT2D eigenvalue weighted by Gasteiger charge is -2.18. The quantitative estimate of drug-likeness (QED) is 0.574. The number of imide groups is 1. The number of para-hydroxylation sites is 1. The number of rotatable bonds is 1. The van der Waals surface area contributed by atoms with Crippen molar-refractivity contribution in [3.05, 3.63) is 42.0 Å². The molecule has 1 heterocycles. The van der Waals surface area contributed by atoms with Gasteiger partial charge in [0, 0.05) is 0 Å². The number of anilines is 1. The maximum absolute atomic E-state index is 12.6. The molecule has 4 heteroatoms. The predicted octanol–water partition coefficient (Wildman–Crippen LogP) is 1.87. The van der Waals surface area contributed by atoms with Crippen LogP contribution in [0.5, 0.6) is 0 Å². The van der Waals surface area contributed by atoms with Crippen LogP contribution in [0.4, 0.5) is 5.69 Å². The fraction of sp³-hybridized carbons (Fsp3) is 0.312. The van der Waals surface area contributed by atoms with Crippen LogP contribution in [0.25, 0.3) is 0 Å². The number of carbonyl (C=O) groups excluding carboxylic acids is 2. The molecule has 4 rings (SSSR count). The van der Waals surface area contributed by atoms with Gasteiger partial charge in [-0.25, -0.2) is 4.90 Å². The molecule has 0 N–H and O–H groups in total. The Balaban J connectivity index is 1.81.